The lowest BCUT2D eigenvalue weighted by molar-refractivity contribution is 0.551. The Morgan fingerprint density at radius 3 is 3.00 bits per heavy atom. The first-order valence-corrected chi connectivity index (χ1v) is 6.28. The Bertz CT molecular complexity index is 289. The molecule has 0 amide bonds. The number of aromatic nitrogens is 1. The minimum absolute atomic E-state index is 0.720. The summed E-state index contributed by atoms with van der Waals surface area (Å²) in [6, 6.07) is 0. The van der Waals surface area contributed by atoms with Crippen LogP contribution in [-0.2, 0) is 6.54 Å². The molecule has 1 N–H and O–H groups in total. The fourth-order valence-corrected chi connectivity index (χ4v) is 2.29. The zero-order chi connectivity index (χ0) is 9.97. The van der Waals surface area contributed by atoms with Crippen molar-refractivity contribution >= 4 is 11.3 Å². The molecule has 2 rings (SSSR count). The Morgan fingerprint density at radius 1 is 1.57 bits per heavy atom. The van der Waals surface area contributed by atoms with E-state index in [-0.39, 0.29) is 0 Å². The van der Waals surface area contributed by atoms with Gasteiger partial charge in [0.05, 0.1) is 5.69 Å². The Balaban J connectivity index is 1.78. The largest absolute Gasteiger partial charge is 0.310 e. The lowest BCUT2D eigenvalue weighted by atomic mass is 10.2. The van der Waals surface area contributed by atoms with Crippen molar-refractivity contribution < 1.29 is 0 Å². The van der Waals surface area contributed by atoms with Gasteiger partial charge in [-0.15, -0.1) is 11.3 Å². The van der Waals surface area contributed by atoms with Crippen LogP contribution in [-0.4, -0.2) is 11.5 Å². The minimum Gasteiger partial charge on any atom is -0.310 e. The Hall–Kier alpha value is -0.410. The van der Waals surface area contributed by atoms with E-state index in [1.807, 2.05) is 0 Å². The summed E-state index contributed by atoms with van der Waals surface area (Å²) in [5.41, 5.74) is 1.33. The lowest BCUT2D eigenvalue weighted by Gasteiger charge is -2.04. The molecule has 1 heterocycles. The summed E-state index contributed by atoms with van der Waals surface area (Å²) in [6.07, 6.45) is 2.70. The third-order valence-corrected chi connectivity index (χ3v) is 3.26. The van der Waals surface area contributed by atoms with Crippen LogP contribution in [0, 0.1) is 5.92 Å². The topological polar surface area (TPSA) is 24.9 Å². The molecule has 1 saturated carbocycles. The van der Waals surface area contributed by atoms with Crippen LogP contribution in [0.25, 0.3) is 0 Å². The monoisotopic (exact) mass is 210 g/mol. The highest BCUT2D eigenvalue weighted by atomic mass is 32.1. The maximum absolute atomic E-state index is 4.63. The van der Waals surface area contributed by atoms with Crippen molar-refractivity contribution in [3.63, 3.8) is 0 Å². The Kier molecular flexibility index (Phi) is 3.19. The second-order valence-corrected chi connectivity index (χ2v) is 5.41. The molecule has 1 aromatic heterocycles. The molecule has 1 aliphatic rings. The number of hydrogen-bond acceptors (Lipinski definition) is 3. The molecule has 78 valence electrons. The van der Waals surface area contributed by atoms with Gasteiger partial charge in [0.1, 0.15) is 5.01 Å². The molecule has 3 heteroatoms. The molecule has 0 spiro atoms. The highest BCUT2D eigenvalue weighted by Crippen LogP contribution is 2.40. The molecule has 0 atom stereocenters. The standard InChI is InChI=1S/C11H18N2S/c1-8(2)5-12-6-11-13-10(7-14-11)9-3-4-9/h7-9,12H,3-6H2,1-2H3. The summed E-state index contributed by atoms with van der Waals surface area (Å²) < 4.78 is 0. The van der Waals surface area contributed by atoms with Gasteiger partial charge in [0.25, 0.3) is 0 Å². The van der Waals surface area contributed by atoms with E-state index in [9.17, 15) is 0 Å². The fraction of sp³-hybridized carbons (Fsp3) is 0.727. The highest BCUT2D eigenvalue weighted by Gasteiger charge is 2.25. The van der Waals surface area contributed by atoms with E-state index in [1.165, 1.54) is 23.5 Å². The zero-order valence-corrected chi connectivity index (χ0v) is 9.73. The quantitative estimate of drug-likeness (QED) is 0.808. The third-order valence-electron chi connectivity index (χ3n) is 2.39. The van der Waals surface area contributed by atoms with E-state index in [2.05, 4.69) is 29.5 Å². The molecule has 1 aromatic rings. The predicted octanol–water partition coefficient (Wildman–Crippen LogP) is 2.77. The SMILES string of the molecule is CC(C)CNCc1nc(C2CC2)cs1. The summed E-state index contributed by atoms with van der Waals surface area (Å²) in [6.45, 7) is 6.48. The van der Waals surface area contributed by atoms with Gasteiger partial charge in [-0.2, -0.15) is 0 Å². The smallest absolute Gasteiger partial charge is 0.107 e. The highest BCUT2D eigenvalue weighted by molar-refractivity contribution is 7.09. The van der Waals surface area contributed by atoms with Crippen LogP contribution >= 0.6 is 11.3 Å². The van der Waals surface area contributed by atoms with Gasteiger partial charge in [-0.1, -0.05) is 13.8 Å². The van der Waals surface area contributed by atoms with Crippen molar-refractivity contribution in [3.8, 4) is 0 Å². The van der Waals surface area contributed by atoms with Crippen LogP contribution in [0.2, 0.25) is 0 Å². The van der Waals surface area contributed by atoms with E-state index >= 15 is 0 Å². The predicted molar refractivity (Wildman–Crippen MR) is 60.6 cm³/mol. The van der Waals surface area contributed by atoms with E-state index in [1.54, 1.807) is 11.3 Å². The van der Waals surface area contributed by atoms with Crippen molar-refractivity contribution in [3.05, 3.63) is 16.1 Å². The van der Waals surface area contributed by atoms with Crippen LogP contribution in [0.3, 0.4) is 0 Å². The molecule has 0 unspecified atom stereocenters. The van der Waals surface area contributed by atoms with Crippen molar-refractivity contribution in [1.29, 1.82) is 0 Å². The summed E-state index contributed by atoms with van der Waals surface area (Å²) in [4.78, 5) is 4.63. The number of nitrogens with zero attached hydrogens (tertiary/aromatic N) is 1. The summed E-state index contributed by atoms with van der Waals surface area (Å²) in [7, 11) is 0. The molecular formula is C11H18N2S. The van der Waals surface area contributed by atoms with Gasteiger partial charge in [0.15, 0.2) is 0 Å². The van der Waals surface area contributed by atoms with Crippen LogP contribution in [0.5, 0.6) is 0 Å². The molecule has 14 heavy (non-hydrogen) atoms. The summed E-state index contributed by atoms with van der Waals surface area (Å²) in [5, 5.41) is 6.89. The normalized spacial score (nSPS) is 16.5. The van der Waals surface area contributed by atoms with Crippen molar-refractivity contribution in [2.45, 2.75) is 39.2 Å². The molecule has 0 bridgehead atoms. The van der Waals surface area contributed by atoms with Crippen molar-refractivity contribution in [1.82, 2.24) is 10.3 Å². The number of hydrogen-bond donors (Lipinski definition) is 1. The molecule has 0 radical (unpaired) electrons. The van der Waals surface area contributed by atoms with Crippen LogP contribution in [0.15, 0.2) is 5.38 Å². The fourth-order valence-electron chi connectivity index (χ4n) is 1.44. The average molecular weight is 210 g/mol. The summed E-state index contributed by atoms with van der Waals surface area (Å²) in [5.74, 6) is 1.52. The van der Waals surface area contributed by atoms with Gasteiger partial charge in [0, 0.05) is 17.8 Å². The van der Waals surface area contributed by atoms with Crippen molar-refractivity contribution in [2.24, 2.45) is 5.92 Å². The Morgan fingerprint density at radius 2 is 2.36 bits per heavy atom. The average Bonchev–Trinajstić information content (AvgIpc) is 2.87. The summed E-state index contributed by atoms with van der Waals surface area (Å²) >= 11 is 1.80. The van der Waals surface area contributed by atoms with E-state index in [4.69, 9.17) is 0 Å². The number of thiazole rings is 1. The van der Waals surface area contributed by atoms with E-state index in [0.717, 1.165) is 24.9 Å². The minimum atomic E-state index is 0.720. The second kappa shape index (κ2) is 4.41. The molecule has 1 fully saturated rings. The molecule has 0 aromatic carbocycles. The maximum Gasteiger partial charge on any atom is 0.107 e. The third kappa shape index (κ3) is 2.79. The van der Waals surface area contributed by atoms with Gasteiger partial charge in [-0.25, -0.2) is 4.98 Å². The first-order valence-electron chi connectivity index (χ1n) is 5.40. The van der Waals surface area contributed by atoms with Crippen molar-refractivity contribution in [2.75, 3.05) is 6.54 Å². The van der Waals surface area contributed by atoms with Gasteiger partial charge >= 0.3 is 0 Å². The zero-order valence-electron chi connectivity index (χ0n) is 8.92. The Labute approximate surface area is 89.8 Å². The first kappa shape index (κ1) is 10.1. The van der Waals surface area contributed by atoms with Gasteiger partial charge in [-0.05, 0) is 25.3 Å². The lowest BCUT2D eigenvalue weighted by Crippen LogP contribution is -2.18. The van der Waals surface area contributed by atoms with Gasteiger partial charge < -0.3 is 5.32 Å². The second-order valence-electron chi connectivity index (χ2n) is 4.47. The molecule has 0 saturated heterocycles. The van der Waals surface area contributed by atoms with Crippen LogP contribution in [0.4, 0.5) is 0 Å². The molecule has 1 aliphatic carbocycles. The van der Waals surface area contributed by atoms with Crippen LogP contribution in [0.1, 0.15) is 43.3 Å². The van der Waals surface area contributed by atoms with Gasteiger partial charge in [0.2, 0.25) is 0 Å². The van der Waals surface area contributed by atoms with Crippen LogP contribution < -0.4 is 5.32 Å². The van der Waals surface area contributed by atoms with E-state index in [0.29, 0.717) is 0 Å². The molecular weight excluding hydrogens is 192 g/mol. The molecule has 2 nitrogen and oxygen atoms in total. The number of rotatable bonds is 5. The first-order chi connectivity index (χ1) is 6.75. The van der Waals surface area contributed by atoms with E-state index < -0.39 is 0 Å². The number of nitrogens with one attached hydrogen (secondary N) is 1. The molecule has 0 aliphatic heterocycles. The maximum atomic E-state index is 4.63. The van der Waals surface area contributed by atoms with Gasteiger partial charge in [-0.3, -0.25) is 0 Å².